The van der Waals surface area contributed by atoms with Gasteiger partial charge < -0.3 is 15.0 Å². The predicted octanol–water partition coefficient (Wildman–Crippen LogP) is 5.01. The molecular formula is C18H14BrClN2O3. The number of benzene rings is 2. The van der Waals surface area contributed by atoms with E-state index < -0.39 is 5.97 Å². The minimum absolute atomic E-state index is 0.210. The van der Waals surface area contributed by atoms with E-state index in [1.165, 1.54) is 0 Å². The summed E-state index contributed by atoms with van der Waals surface area (Å²) in [5, 5.41) is 4.05. The number of H-pyrrole nitrogens is 1. The normalized spacial score (nSPS) is 10.7. The first kappa shape index (κ1) is 17.5. The summed E-state index contributed by atoms with van der Waals surface area (Å²) in [7, 11) is 0. The standard InChI is InChI=1S/C18H14BrClN2O3/c1-2-25-18(24)16-15(12-5-3-4-6-14(12)21-16)22-17(23)11-8-7-10(20)9-13(11)19/h3-9,21H,2H2,1H3,(H,22,23). The van der Waals surface area contributed by atoms with Gasteiger partial charge in [-0.25, -0.2) is 4.79 Å². The second-order valence-corrected chi connectivity index (χ2v) is 6.51. The van der Waals surface area contributed by atoms with E-state index >= 15 is 0 Å². The van der Waals surface area contributed by atoms with Crippen molar-refractivity contribution in [3.63, 3.8) is 0 Å². The summed E-state index contributed by atoms with van der Waals surface area (Å²) in [6.07, 6.45) is 0. The van der Waals surface area contributed by atoms with E-state index in [1.54, 1.807) is 25.1 Å². The second kappa shape index (κ2) is 7.29. The fourth-order valence-electron chi connectivity index (χ4n) is 2.48. The molecule has 3 rings (SSSR count). The first-order valence-corrected chi connectivity index (χ1v) is 8.72. The zero-order valence-electron chi connectivity index (χ0n) is 13.2. The summed E-state index contributed by atoms with van der Waals surface area (Å²) >= 11 is 9.25. The highest BCUT2D eigenvalue weighted by molar-refractivity contribution is 9.10. The first-order chi connectivity index (χ1) is 12.0. The van der Waals surface area contributed by atoms with Crippen LogP contribution in [0.2, 0.25) is 5.02 Å². The summed E-state index contributed by atoms with van der Waals surface area (Å²) in [5.41, 5.74) is 1.74. The lowest BCUT2D eigenvalue weighted by molar-refractivity contribution is 0.0522. The summed E-state index contributed by atoms with van der Waals surface area (Å²) in [5.74, 6) is -0.886. The highest BCUT2D eigenvalue weighted by Crippen LogP contribution is 2.30. The number of fused-ring (bicyclic) bond motifs is 1. The summed E-state index contributed by atoms with van der Waals surface area (Å²) < 4.78 is 5.64. The Balaban J connectivity index is 2.03. The number of rotatable bonds is 4. The van der Waals surface area contributed by atoms with E-state index in [4.69, 9.17) is 16.3 Å². The molecule has 128 valence electrons. The van der Waals surface area contributed by atoms with Crippen molar-refractivity contribution in [3.05, 3.63) is 63.2 Å². The number of hydrogen-bond acceptors (Lipinski definition) is 3. The third kappa shape index (κ3) is 3.55. The maximum Gasteiger partial charge on any atom is 0.356 e. The van der Waals surface area contributed by atoms with Crippen LogP contribution in [0.25, 0.3) is 10.9 Å². The lowest BCUT2D eigenvalue weighted by atomic mass is 10.2. The largest absolute Gasteiger partial charge is 0.461 e. The number of hydrogen-bond donors (Lipinski definition) is 2. The first-order valence-electron chi connectivity index (χ1n) is 7.55. The number of aromatic amines is 1. The molecule has 7 heteroatoms. The molecule has 25 heavy (non-hydrogen) atoms. The van der Waals surface area contributed by atoms with Crippen LogP contribution < -0.4 is 5.32 Å². The number of aromatic nitrogens is 1. The summed E-state index contributed by atoms with van der Waals surface area (Å²) in [4.78, 5) is 27.9. The Hall–Kier alpha value is -2.31. The molecule has 3 aromatic rings. The Morgan fingerprint density at radius 2 is 2.00 bits per heavy atom. The van der Waals surface area contributed by atoms with E-state index in [1.807, 2.05) is 24.3 Å². The molecule has 1 heterocycles. The molecule has 2 N–H and O–H groups in total. The molecule has 0 aliphatic rings. The van der Waals surface area contributed by atoms with E-state index in [0.29, 0.717) is 20.7 Å². The van der Waals surface area contributed by atoms with E-state index in [2.05, 4.69) is 26.2 Å². The Morgan fingerprint density at radius 3 is 2.72 bits per heavy atom. The van der Waals surface area contributed by atoms with E-state index in [-0.39, 0.29) is 18.2 Å². The van der Waals surface area contributed by atoms with Crippen molar-refractivity contribution in [2.75, 3.05) is 11.9 Å². The van der Waals surface area contributed by atoms with Gasteiger partial charge in [0, 0.05) is 20.4 Å². The van der Waals surface area contributed by atoms with Crippen LogP contribution in [0.4, 0.5) is 5.69 Å². The summed E-state index contributed by atoms with van der Waals surface area (Å²) in [6.45, 7) is 1.97. The van der Waals surface area contributed by atoms with Crippen molar-refractivity contribution in [3.8, 4) is 0 Å². The lowest BCUT2D eigenvalue weighted by Gasteiger charge is -2.09. The average molecular weight is 422 g/mol. The van der Waals surface area contributed by atoms with Gasteiger partial charge >= 0.3 is 5.97 Å². The lowest BCUT2D eigenvalue weighted by Crippen LogP contribution is -2.16. The van der Waals surface area contributed by atoms with Crippen molar-refractivity contribution in [1.82, 2.24) is 4.98 Å². The third-order valence-corrected chi connectivity index (χ3v) is 4.49. The molecule has 0 bridgehead atoms. The maximum atomic E-state index is 12.7. The topological polar surface area (TPSA) is 71.2 Å². The highest BCUT2D eigenvalue weighted by atomic mass is 79.9. The molecule has 1 aromatic heterocycles. The Kier molecular flexibility index (Phi) is 5.11. The number of para-hydroxylation sites is 1. The van der Waals surface area contributed by atoms with Crippen molar-refractivity contribution < 1.29 is 14.3 Å². The molecule has 1 amide bonds. The predicted molar refractivity (Wildman–Crippen MR) is 101 cm³/mol. The smallest absolute Gasteiger partial charge is 0.356 e. The number of amides is 1. The Morgan fingerprint density at radius 1 is 1.24 bits per heavy atom. The molecule has 2 aromatic carbocycles. The monoisotopic (exact) mass is 420 g/mol. The van der Waals surface area contributed by atoms with Crippen LogP contribution in [0.15, 0.2) is 46.9 Å². The van der Waals surface area contributed by atoms with E-state index in [0.717, 1.165) is 10.9 Å². The molecule has 0 aliphatic heterocycles. The van der Waals surface area contributed by atoms with Crippen molar-refractivity contribution in [1.29, 1.82) is 0 Å². The number of nitrogens with one attached hydrogen (secondary N) is 2. The van der Waals surface area contributed by atoms with E-state index in [9.17, 15) is 9.59 Å². The number of halogens is 2. The molecule has 0 saturated carbocycles. The van der Waals surface area contributed by atoms with Gasteiger partial charge in [0.15, 0.2) is 0 Å². The highest BCUT2D eigenvalue weighted by Gasteiger charge is 2.21. The van der Waals surface area contributed by atoms with Crippen molar-refractivity contribution in [2.45, 2.75) is 6.92 Å². The van der Waals surface area contributed by atoms with Gasteiger partial charge in [0.1, 0.15) is 5.69 Å². The number of ether oxygens (including phenoxy) is 1. The van der Waals surface area contributed by atoms with Gasteiger partial charge in [0.2, 0.25) is 0 Å². The molecule has 0 spiro atoms. The third-order valence-electron chi connectivity index (χ3n) is 3.60. The van der Waals surface area contributed by atoms with Gasteiger partial charge in [-0.2, -0.15) is 0 Å². The van der Waals surface area contributed by atoms with Crippen LogP contribution in [-0.2, 0) is 4.74 Å². The van der Waals surface area contributed by atoms with Crippen molar-refractivity contribution in [2.24, 2.45) is 0 Å². The van der Waals surface area contributed by atoms with Crippen LogP contribution >= 0.6 is 27.5 Å². The fraction of sp³-hybridized carbons (Fsp3) is 0.111. The number of esters is 1. The van der Waals surface area contributed by atoms with Crippen LogP contribution in [0.3, 0.4) is 0 Å². The molecule has 0 unspecified atom stereocenters. The molecule has 0 atom stereocenters. The number of carbonyl (C=O) groups is 2. The maximum absolute atomic E-state index is 12.7. The Labute approximate surface area is 157 Å². The van der Waals surface area contributed by atoms with Crippen molar-refractivity contribution >= 4 is 56.0 Å². The number of carbonyl (C=O) groups excluding carboxylic acids is 2. The summed E-state index contributed by atoms with van der Waals surface area (Å²) in [6, 6.07) is 12.2. The SMILES string of the molecule is CCOC(=O)c1[nH]c2ccccc2c1NC(=O)c1ccc(Cl)cc1Br. The van der Waals surface area contributed by atoms with Gasteiger partial charge in [-0.1, -0.05) is 29.8 Å². The molecule has 0 fully saturated rings. The second-order valence-electron chi connectivity index (χ2n) is 5.22. The quantitative estimate of drug-likeness (QED) is 0.582. The molecule has 0 saturated heterocycles. The fourth-order valence-corrected chi connectivity index (χ4v) is 3.35. The zero-order valence-corrected chi connectivity index (χ0v) is 15.6. The molecular weight excluding hydrogens is 408 g/mol. The van der Waals surface area contributed by atoms with Gasteiger partial charge in [-0.05, 0) is 47.1 Å². The molecule has 0 radical (unpaired) electrons. The van der Waals surface area contributed by atoms with Crippen LogP contribution in [0.1, 0.15) is 27.8 Å². The average Bonchev–Trinajstić information content (AvgIpc) is 2.94. The van der Waals surface area contributed by atoms with Crippen LogP contribution in [0.5, 0.6) is 0 Å². The minimum Gasteiger partial charge on any atom is -0.461 e. The van der Waals surface area contributed by atoms with Gasteiger partial charge in [-0.3, -0.25) is 4.79 Å². The zero-order chi connectivity index (χ0) is 18.0. The minimum atomic E-state index is -0.524. The van der Waals surface area contributed by atoms with Gasteiger partial charge in [0.05, 0.1) is 17.9 Å². The van der Waals surface area contributed by atoms with Gasteiger partial charge in [0.25, 0.3) is 5.91 Å². The molecule has 0 aliphatic carbocycles. The Bertz CT molecular complexity index is 968. The molecule has 5 nitrogen and oxygen atoms in total. The number of anilines is 1. The van der Waals surface area contributed by atoms with Crippen LogP contribution in [0, 0.1) is 0 Å². The van der Waals surface area contributed by atoms with Crippen LogP contribution in [-0.4, -0.2) is 23.5 Å². The van der Waals surface area contributed by atoms with Gasteiger partial charge in [-0.15, -0.1) is 0 Å².